The Balaban J connectivity index is 2.00. The molecule has 0 aliphatic rings. The summed E-state index contributed by atoms with van der Waals surface area (Å²) in [6.45, 7) is 1.98. The van der Waals surface area contributed by atoms with E-state index in [1.807, 2.05) is 42.1 Å². The minimum Gasteiger partial charge on any atom is -0.481 e. The van der Waals surface area contributed by atoms with Crippen molar-refractivity contribution in [1.29, 1.82) is 0 Å². The van der Waals surface area contributed by atoms with Crippen molar-refractivity contribution in [2.75, 3.05) is 7.11 Å². The highest BCUT2D eigenvalue weighted by atomic mass is 16.5. The molecule has 5 heteroatoms. The normalized spacial score (nSPS) is 10.5. The number of methoxy groups -OCH3 is 1. The highest BCUT2D eigenvalue weighted by Crippen LogP contribution is 2.24. The minimum absolute atomic E-state index is 0.603. The van der Waals surface area contributed by atoms with Crippen molar-refractivity contribution in [2.24, 2.45) is 0 Å². The van der Waals surface area contributed by atoms with Crippen LogP contribution < -0.4 is 4.74 Å². The van der Waals surface area contributed by atoms with E-state index in [1.54, 1.807) is 25.7 Å². The molecule has 3 aromatic rings. The summed E-state index contributed by atoms with van der Waals surface area (Å²) in [6.07, 6.45) is 7.29. The molecule has 0 N–H and O–H groups in total. The lowest BCUT2D eigenvalue weighted by atomic mass is 10.1. The van der Waals surface area contributed by atoms with Crippen LogP contribution in [0.5, 0.6) is 5.88 Å². The lowest BCUT2D eigenvalue weighted by Crippen LogP contribution is -1.94. The van der Waals surface area contributed by atoms with Gasteiger partial charge in [-0.2, -0.15) is 5.10 Å². The largest absolute Gasteiger partial charge is 0.481 e. The predicted molar refractivity (Wildman–Crippen MR) is 75.9 cm³/mol. The lowest BCUT2D eigenvalue weighted by molar-refractivity contribution is 0.398. The van der Waals surface area contributed by atoms with E-state index in [2.05, 4.69) is 15.1 Å². The first-order valence-corrected chi connectivity index (χ1v) is 6.25. The molecule has 20 heavy (non-hydrogen) atoms. The smallest absolute Gasteiger partial charge is 0.212 e. The average Bonchev–Trinajstić information content (AvgIpc) is 2.90. The zero-order chi connectivity index (χ0) is 13.9. The van der Waals surface area contributed by atoms with Gasteiger partial charge in [-0.25, -0.2) is 9.67 Å². The van der Waals surface area contributed by atoms with E-state index in [1.165, 1.54) is 0 Å². The number of aryl methyl sites for hydroxylation is 1. The summed E-state index contributed by atoms with van der Waals surface area (Å²) < 4.78 is 6.89. The van der Waals surface area contributed by atoms with Crippen molar-refractivity contribution in [2.45, 2.75) is 6.92 Å². The van der Waals surface area contributed by atoms with E-state index in [9.17, 15) is 0 Å². The molecule has 0 atom stereocenters. The number of aromatic nitrogens is 4. The van der Waals surface area contributed by atoms with Gasteiger partial charge < -0.3 is 4.74 Å². The van der Waals surface area contributed by atoms with Crippen LogP contribution in [0.4, 0.5) is 0 Å². The van der Waals surface area contributed by atoms with Gasteiger partial charge in [0.25, 0.3) is 0 Å². The Bertz CT molecular complexity index is 704. The van der Waals surface area contributed by atoms with Gasteiger partial charge in [0.1, 0.15) is 0 Å². The molecule has 0 aliphatic heterocycles. The Labute approximate surface area is 116 Å². The summed E-state index contributed by atoms with van der Waals surface area (Å²) in [7, 11) is 1.60. The van der Waals surface area contributed by atoms with Crippen LogP contribution in [0, 0.1) is 6.92 Å². The maximum Gasteiger partial charge on any atom is 0.212 e. The molecule has 0 bridgehead atoms. The van der Waals surface area contributed by atoms with Crippen molar-refractivity contribution >= 4 is 0 Å². The molecule has 3 aromatic heterocycles. The van der Waals surface area contributed by atoms with Gasteiger partial charge >= 0.3 is 0 Å². The first-order valence-electron chi connectivity index (χ1n) is 6.25. The van der Waals surface area contributed by atoms with Crippen molar-refractivity contribution in [3.8, 4) is 22.7 Å². The number of pyridine rings is 2. The fourth-order valence-electron chi connectivity index (χ4n) is 2.03. The molecular formula is C15H14N4O. The Kier molecular flexibility index (Phi) is 3.16. The van der Waals surface area contributed by atoms with Crippen LogP contribution in [-0.2, 0) is 0 Å². The standard InChI is InChI=1S/C15H14N4O/c1-11-14(12-5-6-15(20-2)17-8-12)10-19(18-11)13-4-3-7-16-9-13/h3-10H,1-2H3. The van der Waals surface area contributed by atoms with Gasteiger partial charge in [0.05, 0.1) is 24.7 Å². The molecule has 0 saturated heterocycles. The van der Waals surface area contributed by atoms with Crippen LogP contribution in [0.3, 0.4) is 0 Å². The van der Waals surface area contributed by atoms with Crippen molar-refractivity contribution in [3.05, 3.63) is 54.7 Å². The Morgan fingerprint density at radius 1 is 1.15 bits per heavy atom. The molecule has 0 aromatic carbocycles. The van der Waals surface area contributed by atoms with E-state index in [-0.39, 0.29) is 0 Å². The van der Waals surface area contributed by atoms with Crippen LogP contribution in [-0.4, -0.2) is 26.9 Å². The molecule has 0 unspecified atom stereocenters. The zero-order valence-electron chi connectivity index (χ0n) is 11.3. The van der Waals surface area contributed by atoms with E-state index in [0.717, 1.165) is 22.5 Å². The molecule has 0 aliphatic carbocycles. The Morgan fingerprint density at radius 3 is 2.70 bits per heavy atom. The minimum atomic E-state index is 0.603. The SMILES string of the molecule is COc1ccc(-c2cn(-c3cccnc3)nc2C)cn1. The monoisotopic (exact) mass is 266 g/mol. The molecule has 0 saturated carbocycles. The summed E-state index contributed by atoms with van der Waals surface area (Å²) in [5, 5.41) is 4.52. The molecule has 5 nitrogen and oxygen atoms in total. The average molecular weight is 266 g/mol. The predicted octanol–water partition coefficient (Wildman–Crippen LogP) is 2.65. The van der Waals surface area contributed by atoms with Gasteiger partial charge in [0, 0.05) is 35.8 Å². The van der Waals surface area contributed by atoms with E-state index in [4.69, 9.17) is 4.74 Å². The molecule has 3 heterocycles. The Hall–Kier alpha value is -2.69. The second-order valence-electron chi connectivity index (χ2n) is 4.37. The molecule has 0 spiro atoms. The maximum absolute atomic E-state index is 5.07. The van der Waals surface area contributed by atoms with Gasteiger partial charge in [-0.15, -0.1) is 0 Å². The highest BCUT2D eigenvalue weighted by Gasteiger charge is 2.09. The number of rotatable bonds is 3. The fraction of sp³-hybridized carbons (Fsp3) is 0.133. The van der Waals surface area contributed by atoms with E-state index >= 15 is 0 Å². The quantitative estimate of drug-likeness (QED) is 0.731. The topological polar surface area (TPSA) is 52.8 Å². The molecule has 0 radical (unpaired) electrons. The fourth-order valence-corrected chi connectivity index (χ4v) is 2.03. The van der Waals surface area contributed by atoms with Crippen LogP contribution in [0.25, 0.3) is 16.8 Å². The lowest BCUT2D eigenvalue weighted by Gasteiger charge is -2.01. The molecular weight excluding hydrogens is 252 g/mol. The van der Waals surface area contributed by atoms with Crippen molar-refractivity contribution < 1.29 is 4.74 Å². The first-order chi connectivity index (χ1) is 9.78. The summed E-state index contributed by atoms with van der Waals surface area (Å²) in [5.74, 6) is 0.603. The van der Waals surface area contributed by atoms with Crippen LogP contribution in [0.2, 0.25) is 0 Å². The van der Waals surface area contributed by atoms with Gasteiger partial charge in [-0.05, 0) is 25.1 Å². The second-order valence-corrected chi connectivity index (χ2v) is 4.37. The third-order valence-corrected chi connectivity index (χ3v) is 3.07. The number of ether oxygens (including phenoxy) is 1. The number of hydrogen-bond donors (Lipinski definition) is 0. The van der Waals surface area contributed by atoms with Crippen molar-refractivity contribution in [1.82, 2.24) is 19.7 Å². The highest BCUT2D eigenvalue weighted by molar-refractivity contribution is 5.65. The zero-order valence-corrected chi connectivity index (χ0v) is 11.3. The summed E-state index contributed by atoms with van der Waals surface area (Å²) in [5.41, 5.74) is 3.94. The Morgan fingerprint density at radius 2 is 2.05 bits per heavy atom. The molecule has 0 amide bonds. The number of nitrogens with zero attached hydrogens (tertiary/aromatic N) is 4. The summed E-state index contributed by atoms with van der Waals surface area (Å²) >= 11 is 0. The van der Waals surface area contributed by atoms with Crippen molar-refractivity contribution in [3.63, 3.8) is 0 Å². The maximum atomic E-state index is 5.07. The number of hydrogen-bond acceptors (Lipinski definition) is 4. The summed E-state index contributed by atoms with van der Waals surface area (Å²) in [4.78, 5) is 8.33. The molecule has 100 valence electrons. The molecule has 0 fully saturated rings. The second kappa shape index (κ2) is 5.13. The van der Waals surface area contributed by atoms with E-state index < -0.39 is 0 Å². The van der Waals surface area contributed by atoms with Gasteiger partial charge in [0.2, 0.25) is 5.88 Å². The van der Waals surface area contributed by atoms with Gasteiger partial charge in [-0.3, -0.25) is 4.98 Å². The molecule has 3 rings (SSSR count). The van der Waals surface area contributed by atoms with Crippen LogP contribution in [0.15, 0.2) is 49.1 Å². The van der Waals surface area contributed by atoms with Gasteiger partial charge in [0.15, 0.2) is 0 Å². The van der Waals surface area contributed by atoms with E-state index in [0.29, 0.717) is 5.88 Å². The third-order valence-electron chi connectivity index (χ3n) is 3.07. The van der Waals surface area contributed by atoms with Gasteiger partial charge in [-0.1, -0.05) is 0 Å². The van der Waals surface area contributed by atoms with Crippen LogP contribution >= 0.6 is 0 Å². The van der Waals surface area contributed by atoms with Crippen LogP contribution in [0.1, 0.15) is 5.69 Å². The first kappa shape index (κ1) is 12.3. The third kappa shape index (κ3) is 2.25. The summed E-state index contributed by atoms with van der Waals surface area (Å²) in [6, 6.07) is 7.68.